The van der Waals surface area contributed by atoms with E-state index in [9.17, 15) is 0 Å². The Hall–Kier alpha value is -1.68. The Bertz CT molecular complexity index is 544. The second kappa shape index (κ2) is 5.75. The summed E-state index contributed by atoms with van der Waals surface area (Å²) < 4.78 is 5.51. The quantitative estimate of drug-likeness (QED) is 0.908. The Morgan fingerprint density at radius 1 is 1.25 bits per heavy atom. The Morgan fingerprint density at radius 3 is 2.80 bits per heavy atom. The van der Waals surface area contributed by atoms with E-state index in [1.165, 1.54) is 12.0 Å². The molecule has 4 heteroatoms. The van der Waals surface area contributed by atoms with Crippen molar-refractivity contribution >= 4 is 0 Å². The van der Waals surface area contributed by atoms with Gasteiger partial charge in [0, 0.05) is 6.42 Å². The van der Waals surface area contributed by atoms with Gasteiger partial charge < -0.3 is 9.84 Å². The van der Waals surface area contributed by atoms with Crippen LogP contribution in [-0.2, 0) is 18.4 Å². The first-order valence-corrected chi connectivity index (χ1v) is 7.44. The van der Waals surface area contributed by atoms with Crippen LogP contribution in [0.4, 0.5) is 0 Å². The molecule has 0 amide bonds. The molecule has 106 valence electrons. The number of hydrogen-bond acceptors (Lipinski definition) is 4. The predicted octanol–water partition coefficient (Wildman–Crippen LogP) is 2.84. The summed E-state index contributed by atoms with van der Waals surface area (Å²) in [4.78, 5) is 4.61. The summed E-state index contributed by atoms with van der Waals surface area (Å²) in [6, 6.07) is 10.4. The summed E-state index contributed by atoms with van der Waals surface area (Å²) in [5, 5.41) is 7.67. The molecule has 1 aromatic carbocycles. The van der Waals surface area contributed by atoms with Crippen molar-refractivity contribution in [2.45, 2.75) is 44.6 Å². The molecule has 0 saturated carbocycles. The highest BCUT2D eigenvalue weighted by molar-refractivity contribution is 5.15. The van der Waals surface area contributed by atoms with Crippen LogP contribution in [0.2, 0.25) is 0 Å². The number of nitrogens with one attached hydrogen (secondary N) is 1. The van der Waals surface area contributed by atoms with Gasteiger partial charge in [-0.25, -0.2) is 0 Å². The van der Waals surface area contributed by atoms with Crippen molar-refractivity contribution in [2.75, 3.05) is 6.54 Å². The minimum atomic E-state index is -0.0853. The van der Waals surface area contributed by atoms with Crippen molar-refractivity contribution in [1.82, 2.24) is 15.5 Å². The van der Waals surface area contributed by atoms with E-state index >= 15 is 0 Å². The van der Waals surface area contributed by atoms with Crippen molar-refractivity contribution in [3.05, 3.63) is 47.6 Å². The summed E-state index contributed by atoms with van der Waals surface area (Å²) in [5.41, 5.74) is 1.22. The first-order chi connectivity index (χ1) is 9.82. The van der Waals surface area contributed by atoms with E-state index in [1.807, 2.05) is 6.07 Å². The number of benzene rings is 1. The second-order valence-corrected chi connectivity index (χ2v) is 5.47. The van der Waals surface area contributed by atoms with Crippen molar-refractivity contribution in [3.63, 3.8) is 0 Å². The molecule has 3 rings (SSSR count). The Balaban J connectivity index is 1.68. The summed E-state index contributed by atoms with van der Waals surface area (Å²) in [7, 11) is 0. The molecule has 1 saturated heterocycles. The molecule has 2 heterocycles. The van der Waals surface area contributed by atoms with Crippen LogP contribution in [0.25, 0.3) is 0 Å². The van der Waals surface area contributed by atoms with E-state index in [0.29, 0.717) is 0 Å². The topological polar surface area (TPSA) is 51.0 Å². The van der Waals surface area contributed by atoms with E-state index in [1.54, 1.807) is 0 Å². The van der Waals surface area contributed by atoms with Crippen molar-refractivity contribution in [3.8, 4) is 0 Å². The van der Waals surface area contributed by atoms with Gasteiger partial charge in [-0.05, 0) is 37.8 Å². The lowest BCUT2D eigenvalue weighted by Gasteiger charge is -2.22. The average Bonchev–Trinajstić information content (AvgIpc) is 3.16. The van der Waals surface area contributed by atoms with Crippen LogP contribution in [0.1, 0.15) is 43.5 Å². The molecule has 0 radical (unpaired) electrons. The fraction of sp³-hybridized carbons (Fsp3) is 0.500. The summed E-state index contributed by atoms with van der Waals surface area (Å²) in [5.74, 6) is 1.57. The smallest absolute Gasteiger partial charge is 0.246 e. The zero-order chi connectivity index (χ0) is 13.8. The molecule has 4 nitrogen and oxygen atoms in total. The van der Waals surface area contributed by atoms with Gasteiger partial charge in [0.05, 0.1) is 5.54 Å². The van der Waals surface area contributed by atoms with Crippen LogP contribution < -0.4 is 5.32 Å². The van der Waals surface area contributed by atoms with Crippen molar-refractivity contribution in [2.24, 2.45) is 0 Å². The molecule has 1 unspecified atom stereocenters. The van der Waals surface area contributed by atoms with E-state index in [2.05, 4.69) is 46.6 Å². The Kier molecular flexibility index (Phi) is 3.83. The molecular weight excluding hydrogens is 250 g/mol. The number of rotatable bonds is 5. The van der Waals surface area contributed by atoms with Crippen LogP contribution in [0.15, 0.2) is 34.9 Å². The lowest BCUT2D eigenvalue weighted by atomic mass is 9.94. The first kappa shape index (κ1) is 13.3. The molecule has 20 heavy (non-hydrogen) atoms. The van der Waals surface area contributed by atoms with E-state index < -0.39 is 0 Å². The largest absolute Gasteiger partial charge is 0.337 e. The zero-order valence-corrected chi connectivity index (χ0v) is 11.9. The van der Waals surface area contributed by atoms with E-state index in [4.69, 9.17) is 4.52 Å². The third-order valence-corrected chi connectivity index (χ3v) is 4.20. The summed E-state index contributed by atoms with van der Waals surface area (Å²) >= 11 is 0. The SMILES string of the molecule is CCC1(c2nc(CCc3ccccc3)no2)CCCN1. The lowest BCUT2D eigenvalue weighted by molar-refractivity contribution is 0.249. The molecule has 1 aromatic heterocycles. The number of nitrogens with zero attached hydrogens (tertiary/aromatic N) is 2. The molecule has 1 atom stereocenters. The molecule has 1 N–H and O–H groups in total. The van der Waals surface area contributed by atoms with Gasteiger partial charge in [-0.15, -0.1) is 0 Å². The molecule has 1 aliphatic rings. The number of aryl methyl sites for hydroxylation is 2. The zero-order valence-electron chi connectivity index (χ0n) is 11.9. The van der Waals surface area contributed by atoms with Crippen LogP contribution in [0, 0.1) is 0 Å². The normalized spacial score (nSPS) is 22.2. The Morgan fingerprint density at radius 2 is 2.10 bits per heavy atom. The first-order valence-electron chi connectivity index (χ1n) is 7.44. The van der Waals surface area contributed by atoms with Gasteiger partial charge in [-0.1, -0.05) is 42.4 Å². The highest BCUT2D eigenvalue weighted by Crippen LogP contribution is 2.32. The maximum atomic E-state index is 5.51. The molecule has 1 aliphatic heterocycles. The standard InChI is InChI=1S/C16H21N3O/c1-2-16(11-6-12-17-16)15-18-14(19-20-15)10-9-13-7-4-3-5-8-13/h3-5,7-8,17H,2,6,9-12H2,1H3. The molecule has 0 spiro atoms. The van der Waals surface area contributed by atoms with Crippen molar-refractivity contribution < 1.29 is 4.52 Å². The van der Waals surface area contributed by atoms with E-state index in [-0.39, 0.29) is 5.54 Å². The van der Waals surface area contributed by atoms with Gasteiger partial charge in [-0.2, -0.15) is 4.98 Å². The minimum Gasteiger partial charge on any atom is -0.337 e. The van der Waals surface area contributed by atoms with Gasteiger partial charge in [-0.3, -0.25) is 0 Å². The second-order valence-electron chi connectivity index (χ2n) is 5.47. The average molecular weight is 271 g/mol. The van der Waals surface area contributed by atoms with Gasteiger partial charge in [0.1, 0.15) is 0 Å². The molecule has 2 aromatic rings. The predicted molar refractivity (Wildman–Crippen MR) is 77.4 cm³/mol. The Labute approximate surface area is 119 Å². The molecule has 1 fully saturated rings. The third-order valence-electron chi connectivity index (χ3n) is 4.20. The molecular formula is C16H21N3O. The van der Waals surface area contributed by atoms with Gasteiger partial charge in [0.15, 0.2) is 5.82 Å². The maximum Gasteiger partial charge on any atom is 0.246 e. The third kappa shape index (κ3) is 2.61. The number of aromatic nitrogens is 2. The van der Waals surface area contributed by atoms with Gasteiger partial charge >= 0.3 is 0 Å². The highest BCUT2D eigenvalue weighted by atomic mass is 16.5. The fourth-order valence-electron chi connectivity index (χ4n) is 2.89. The van der Waals surface area contributed by atoms with Gasteiger partial charge in [0.2, 0.25) is 5.89 Å². The van der Waals surface area contributed by atoms with Crippen LogP contribution in [0.5, 0.6) is 0 Å². The fourth-order valence-corrected chi connectivity index (χ4v) is 2.89. The monoisotopic (exact) mass is 271 g/mol. The van der Waals surface area contributed by atoms with Crippen molar-refractivity contribution in [1.29, 1.82) is 0 Å². The highest BCUT2D eigenvalue weighted by Gasteiger charge is 2.38. The number of hydrogen-bond donors (Lipinski definition) is 1. The molecule has 0 bridgehead atoms. The maximum absolute atomic E-state index is 5.51. The lowest BCUT2D eigenvalue weighted by Crippen LogP contribution is -2.36. The van der Waals surface area contributed by atoms with Crippen LogP contribution in [0.3, 0.4) is 0 Å². The summed E-state index contributed by atoms with van der Waals surface area (Å²) in [6.45, 7) is 3.21. The summed E-state index contributed by atoms with van der Waals surface area (Å²) in [6.07, 6.45) is 5.03. The molecule has 0 aliphatic carbocycles. The minimum absolute atomic E-state index is 0.0853. The van der Waals surface area contributed by atoms with E-state index in [0.717, 1.165) is 43.9 Å². The van der Waals surface area contributed by atoms with Crippen LogP contribution in [-0.4, -0.2) is 16.7 Å². The van der Waals surface area contributed by atoms with Crippen LogP contribution >= 0.6 is 0 Å². The van der Waals surface area contributed by atoms with Gasteiger partial charge in [0.25, 0.3) is 0 Å².